The van der Waals surface area contributed by atoms with Crippen LogP contribution in [-0.2, 0) is 11.2 Å². The van der Waals surface area contributed by atoms with E-state index >= 15 is 0 Å². The normalized spacial score (nSPS) is 18.4. The number of hydrogen-bond donors (Lipinski definition) is 1. The maximum Gasteiger partial charge on any atom is 0.232 e. The monoisotopic (exact) mass is 546 g/mol. The third-order valence-corrected chi connectivity index (χ3v) is 8.39. The van der Waals surface area contributed by atoms with Gasteiger partial charge >= 0.3 is 0 Å². The number of hydrogen-bond acceptors (Lipinski definition) is 4. The van der Waals surface area contributed by atoms with Gasteiger partial charge in [0.15, 0.2) is 11.5 Å². The fourth-order valence-electron chi connectivity index (χ4n) is 5.77. The predicted molar refractivity (Wildman–Crippen MR) is 159 cm³/mol. The summed E-state index contributed by atoms with van der Waals surface area (Å²) in [5, 5.41) is 4.28. The summed E-state index contributed by atoms with van der Waals surface area (Å²) in [6, 6.07) is 19.7. The first-order chi connectivity index (χ1) is 19.0. The lowest BCUT2D eigenvalue weighted by atomic mass is 9.86. The van der Waals surface area contributed by atoms with Gasteiger partial charge in [-0.15, -0.1) is 0 Å². The second-order valence-electron chi connectivity index (χ2n) is 10.9. The summed E-state index contributed by atoms with van der Waals surface area (Å²) in [5.74, 6) is 2.14. The molecule has 1 aliphatic heterocycles. The summed E-state index contributed by atoms with van der Waals surface area (Å²) >= 11 is 6.25. The molecule has 1 heterocycles. The Kier molecular flexibility index (Phi) is 8.66. The van der Waals surface area contributed by atoms with Gasteiger partial charge in [0, 0.05) is 22.9 Å². The average molecular weight is 547 g/mol. The minimum atomic E-state index is -0.315. The number of fused-ring (bicyclic) bond motifs is 1. The molecule has 0 radical (unpaired) electrons. The zero-order valence-corrected chi connectivity index (χ0v) is 24.0. The molecule has 0 spiro atoms. The SMILES string of the molecule is CC[C@@H](C)Oc1cc2c(cc1OC)CC(=O)N(c1ccc(NCC3CCCCC3)cc1)C2c1ccc(Cl)cc1. The number of nitrogens with zero attached hydrogens (tertiary/aromatic N) is 1. The second kappa shape index (κ2) is 12.3. The third kappa shape index (κ3) is 6.19. The maximum absolute atomic E-state index is 13.7. The first-order valence-electron chi connectivity index (χ1n) is 14.3. The summed E-state index contributed by atoms with van der Waals surface area (Å²) in [6.07, 6.45) is 7.88. The Morgan fingerprint density at radius 1 is 1.00 bits per heavy atom. The van der Waals surface area contributed by atoms with Crippen LogP contribution in [0.3, 0.4) is 0 Å². The van der Waals surface area contributed by atoms with E-state index < -0.39 is 0 Å². The highest BCUT2D eigenvalue weighted by molar-refractivity contribution is 6.30. The summed E-state index contributed by atoms with van der Waals surface area (Å²) in [5.41, 5.74) is 4.94. The van der Waals surface area contributed by atoms with E-state index in [0.717, 1.165) is 46.9 Å². The fourth-order valence-corrected chi connectivity index (χ4v) is 5.89. The van der Waals surface area contributed by atoms with Crippen molar-refractivity contribution >= 4 is 28.9 Å². The topological polar surface area (TPSA) is 50.8 Å². The van der Waals surface area contributed by atoms with Gasteiger partial charge in [-0.1, -0.05) is 49.9 Å². The van der Waals surface area contributed by atoms with Crippen molar-refractivity contribution in [2.24, 2.45) is 5.92 Å². The number of methoxy groups -OCH3 is 1. The lowest BCUT2D eigenvalue weighted by Crippen LogP contribution is -2.41. The highest BCUT2D eigenvalue weighted by Gasteiger charge is 2.36. The van der Waals surface area contributed by atoms with Crippen LogP contribution in [0.5, 0.6) is 11.5 Å². The lowest BCUT2D eigenvalue weighted by molar-refractivity contribution is -0.118. The second-order valence-corrected chi connectivity index (χ2v) is 11.3. The largest absolute Gasteiger partial charge is 0.493 e. The summed E-state index contributed by atoms with van der Waals surface area (Å²) in [7, 11) is 1.64. The Bertz CT molecular complexity index is 1270. The van der Waals surface area contributed by atoms with Gasteiger partial charge in [0.05, 0.1) is 25.7 Å². The van der Waals surface area contributed by atoms with Crippen LogP contribution in [0.4, 0.5) is 11.4 Å². The Balaban J connectivity index is 1.50. The number of ether oxygens (including phenoxy) is 2. The first kappa shape index (κ1) is 27.4. The Hall–Kier alpha value is -3.18. The molecule has 2 aliphatic rings. The molecule has 1 aliphatic carbocycles. The van der Waals surface area contributed by atoms with Crippen LogP contribution in [0.2, 0.25) is 5.02 Å². The molecule has 1 unspecified atom stereocenters. The number of carbonyl (C=O) groups is 1. The van der Waals surface area contributed by atoms with Crippen molar-refractivity contribution < 1.29 is 14.3 Å². The summed E-state index contributed by atoms with van der Waals surface area (Å²) in [6.45, 7) is 5.15. The molecule has 1 saturated carbocycles. The summed E-state index contributed by atoms with van der Waals surface area (Å²) < 4.78 is 11.9. The Labute approximate surface area is 237 Å². The van der Waals surface area contributed by atoms with E-state index in [1.165, 1.54) is 32.1 Å². The molecule has 1 amide bonds. The number of anilines is 2. The molecular weight excluding hydrogens is 508 g/mol. The zero-order chi connectivity index (χ0) is 27.4. The van der Waals surface area contributed by atoms with Crippen molar-refractivity contribution in [2.45, 2.75) is 70.9 Å². The van der Waals surface area contributed by atoms with Gasteiger partial charge in [0.25, 0.3) is 0 Å². The molecule has 5 rings (SSSR count). The van der Waals surface area contributed by atoms with E-state index in [0.29, 0.717) is 22.9 Å². The number of rotatable bonds is 9. The first-order valence-corrected chi connectivity index (χ1v) is 14.6. The number of halogens is 1. The third-order valence-electron chi connectivity index (χ3n) is 8.14. The number of carbonyl (C=O) groups excluding carboxylic acids is 1. The number of benzene rings is 3. The van der Waals surface area contributed by atoms with E-state index in [4.69, 9.17) is 21.1 Å². The van der Waals surface area contributed by atoms with Gasteiger partial charge in [-0.2, -0.15) is 0 Å². The van der Waals surface area contributed by atoms with Crippen molar-refractivity contribution in [3.8, 4) is 11.5 Å². The molecule has 0 saturated heterocycles. The van der Waals surface area contributed by atoms with E-state index in [1.54, 1.807) is 7.11 Å². The molecule has 39 heavy (non-hydrogen) atoms. The molecule has 1 fully saturated rings. The highest BCUT2D eigenvalue weighted by Crippen LogP contribution is 2.44. The van der Waals surface area contributed by atoms with Crippen LogP contribution < -0.4 is 19.7 Å². The fraction of sp³-hybridized carbons (Fsp3) is 0.424. The maximum atomic E-state index is 13.7. The van der Waals surface area contributed by atoms with Crippen LogP contribution in [0.15, 0.2) is 60.7 Å². The van der Waals surface area contributed by atoms with Crippen LogP contribution in [-0.4, -0.2) is 25.7 Å². The molecule has 0 aromatic heterocycles. The van der Waals surface area contributed by atoms with Crippen LogP contribution in [0, 0.1) is 5.92 Å². The van der Waals surface area contributed by atoms with Gasteiger partial charge in [0.1, 0.15) is 0 Å². The molecule has 1 N–H and O–H groups in total. The standard InChI is InChI=1S/C33H39ClN2O3/c1-4-22(2)39-31-20-29-25(18-30(31)38-3)19-32(37)36(33(29)24-10-12-26(34)13-11-24)28-16-14-27(15-17-28)35-21-23-8-6-5-7-9-23/h10-18,20,22-23,33,35H,4-9,19,21H2,1-3H3/t22-,33?/m1/s1. The van der Waals surface area contributed by atoms with E-state index in [2.05, 4.69) is 49.5 Å². The number of nitrogens with one attached hydrogen (secondary N) is 1. The molecule has 6 heteroatoms. The molecule has 206 valence electrons. The Morgan fingerprint density at radius 2 is 1.72 bits per heavy atom. The molecule has 3 aromatic rings. The molecule has 2 atom stereocenters. The molecule has 5 nitrogen and oxygen atoms in total. The van der Waals surface area contributed by atoms with Gasteiger partial charge < -0.3 is 19.7 Å². The number of amides is 1. The average Bonchev–Trinajstić information content (AvgIpc) is 2.96. The summed E-state index contributed by atoms with van der Waals surface area (Å²) in [4.78, 5) is 15.7. The minimum absolute atomic E-state index is 0.0425. The van der Waals surface area contributed by atoms with Crippen LogP contribution in [0.1, 0.15) is 75.1 Å². The van der Waals surface area contributed by atoms with Gasteiger partial charge in [0.2, 0.25) is 5.91 Å². The van der Waals surface area contributed by atoms with E-state index in [9.17, 15) is 4.79 Å². The lowest BCUT2D eigenvalue weighted by Gasteiger charge is -2.38. The van der Waals surface area contributed by atoms with Gasteiger partial charge in [-0.25, -0.2) is 0 Å². The molecule has 3 aromatic carbocycles. The van der Waals surface area contributed by atoms with Crippen molar-refractivity contribution in [1.29, 1.82) is 0 Å². The highest BCUT2D eigenvalue weighted by atomic mass is 35.5. The molecule has 0 bridgehead atoms. The van der Waals surface area contributed by atoms with E-state index in [-0.39, 0.29) is 18.1 Å². The van der Waals surface area contributed by atoms with Crippen LogP contribution >= 0.6 is 11.6 Å². The van der Waals surface area contributed by atoms with E-state index in [1.807, 2.05) is 35.2 Å². The van der Waals surface area contributed by atoms with Crippen molar-refractivity contribution in [1.82, 2.24) is 0 Å². The van der Waals surface area contributed by atoms with Crippen molar-refractivity contribution in [3.05, 3.63) is 82.4 Å². The van der Waals surface area contributed by atoms with Gasteiger partial charge in [-0.05, 0) is 97.3 Å². The Morgan fingerprint density at radius 3 is 2.38 bits per heavy atom. The van der Waals surface area contributed by atoms with Gasteiger partial charge in [-0.3, -0.25) is 4.79 Å². The quantitative estimate of drug-likeness (QED) is 0.294. The van der Waals surface area contributed by atoms with Crippen LogP contribution in [0.25, 0.3) is 0 Å². The van der Waals surface area contributed by atoms with Crippen molar-refractivity contribution in [3.63, 3.8) is 0 Å². The zero-order valence-electron chi connectivity index (χ0n) is 23.2. The predicted octanol–water partition coefficient (Wildman–Crippen LogP) is 8.20. The minimum Gasteiger partial charge on any atom is -0.493 e. The van der Waals surface area contributed by atoms with Crippen molar-refractivity contribution in [2.75, 3.05) is 23.9 Å². The molecular formula is C33H39ClN2O3. The smallest absolute Gasteiger partial charge is 0.232 e.